The van der Waals surface area contributed by atoms with Crippen LogP contribution in [0.2, 0.25) is 0 Å². The number of sulfonamides is 1. The van der Waals surface area contributed by atoms with Gasteiger partial charge in [0.05, 0.1) is 6.26 Å². The zero-order valence-electron chi connectivity index (χ0n) is 15.2. The summed E-state index contributed by atoms with van der Waals surface area (Å²) in [7, 11) is -3.27. The summed E-state index contributed by atoms with van der Waals surface area (Å²) in [5.41, 5.74) is 1.93. The fourth-order valence-corrected chi connectivity index (χ4v) is 3.99. The molecule has 7 heteroatoms. The zero-order valence-corrected chi connectivity index (χ0v) is 16.0. The lowest BCUT2D eigenvalue weighted by atomic mass is 10.1. The van der Waals surface area contributed by atoms with E-state index < -0.39 is 10.0 Å². The lowest BCUT2D eigenvalue weighted by Crippen LogP contribution is -2.33. The minimum absolute atomic E-state index is 0.154. The first-order valence-corrected chi connectivity index (χ1v) is 10.8. The van der Waals surface area contributed by atoms with Crippen molar-refractivity contribution >= 4 is 27.3 Å². The van der Waals surface area contributed by atoms with Gasteiger partial charge in [-0.2, -0.15) is 0 Å². The predicted octanol–water partition coefficient (Wildman–Crippen LogP) is 2.68. The molecule has 1 N–H and O–H groups in total. The molecule has 0 atom stereocenters. The highest BCUT2D eigenvalue weighted by Crippen LogP contribution is 2.21. The van der Waals surface area contributed by atoms with Gasteiger partial charge in [0.2, 0.25) is 15.9 Å². The van der Waals surface area contributed by atoms with Crippen molar-refractivity contribution in [2.45, 2.75) is 39.0 Å². The number of nitrogens with zero attached hydrogens (tertiary/aromatic N) is 2. The van der Waals surface area contributed by atoms with Crippen molar-refractivity contribution in [3.63, 3.8) is 0 Å². The highest BCUT2D eigenvalue weighted by atomic mass is 32.2. The normalized spacial score (nSPS) is 15.4. The van der Waals surface area contributed by atoms with E-state index in [9.17, 15) is 13.2 Å². The number of piperidine rings is 1. The third kappa shape index (κ3) is 6.32. The maximum absolute atomic E-state index is 12.1. The molecule has 0 bridgehead atoms. The Labute approximate surface area is 151 Å². The van der Waals surface area contributed by atoms with Gasteiger partial charge in [-0.1, -0.05) is 6.92 Å². The summed E-state index contributed by atoms with van der Waals surface area (Å²) in [6.07, 6.45) is 5.82. The Balaban J connectivity index is 1.85. The van der Waals surface area contributed by atoms with Crippen molar-refractivity contribution in [1.82, 2.24) is 4.31 Å². The van der Waals surface area contributed by atoms with Gasteiger partial charge in [-0.05, 0) is 49.9 Å². The van der Waals surface area contributed by atoms with Crippen molar-refractivity contribution in [3.05, 3.63) is 24.3 Å². The van der Waals surface area contributed by atoms with E-state index in [0.717, 1.165) is 25.2 Å². The van der Waals surface area contributed by atoms with Crippen molar-refractivity contribution in [2.75, 3.05) is 42.7 Å². The average molecular weight is 368 g/mol. The molecule has 2 rings (SSSR count). The highest BCUT2D eigenvalue weighted by Gasteiger charge is 2.17. The van der Waals surface area contributed by atoms with Crippen LogP contribution < -0.4 is 10.2 Å². The monoisotopic (exact) mass is 367 g/mol. The van der Waals surface area contributed by atoms with E-state index in [2.05, 4.69) is 10.2 Å². The summed E-state index contributed by atoms with van der Waals surface area (Å²) >= 11 is 0. The fraction of sp³-hybridized carbons (Fsp3) is 0.611. The van der Waals surface area contributed by atoms with E-state index in [4.69, 9.17) is 0 Å². The van der Waals surface area contributed by atoms with Gasteiger partial charge in [-0.25, -0.2) is 12.7 Å². The molecule has 1 saturated heterocycles. The van der Waals surface area contributed by atoms with Crippen LogP contribution in [0.15, 0.2) is 24.3 Å². The number of amides is 1. The third-order valence-corrected chi connectivity index (χ3v) is 5.71. The molecule has 0 aliphatic carbocycles. The van der Waals surface area contributed by atoms with Crippen LogP contribution in [0.5, 0.6) is 0 Å². The summed E-state index contributed by atoms with van der Waals surface area (Å²) in [5.74, 6) is -0.171. The zero-order chi connectivity index (χ0) is 18.3. The Bertz CT molecular complexity index is 653. The van der Waals surface area contributed by atoms with Gasteiger partial charge in [-0.15, -0.1) is 0 Å². The Kier molecular flexibility index (Phi) is 7.25. The van der Waals surface area contributed by atoms with Crippen LogP contribution in [0.3, 0.4) is 0 Å². The average Bonchev–Trinajstić information content (AvgIpc) is 2.59. The van der Waals surface area contributed by atoms with E-state index in [-0.39, 0.29) is 18.9 Å². The first-order chi connectivity index (χ1) is 11.9. The molecular formula is C18H29N3O3S. The van der Waals surface area contributed by atoms with E-state index in [1.807, 2.05) is 31.2 Å². The topological polar surface area (TPSA) is 69.7 Å². The van der Waals surface area contributed by atoms with Gasteiger partial charge < -0.3 is 10.2 Å². The van der Waals surface area contributed by atoms with Crippen LogP contribution >= 0.6 is 0 Å². The molecule has 0 aromatic heterocycles. The second-order valence-electron chi connectivity index (χ2n) is 6.55. The number of hydrogen-bond donors (Lipinski definition) is 1. The van der Waals surface area contributed by atoms with Crippen molar-refractivity contribution in [3.8, 4) is 0 Å². The lowest BCUT2D eigenvalue weighted by molar-refractivity contribution is -0.116. The number of carbonyl (C=O) groups is 1. The number of carbonyl (C=O) groups excluding carboxylic acids is 1. The fourth-order valence-electron chi connectivity index (χ4n) is 3.05. The maximum atomic E-state index is 12.1. The van der Waals surface area contributed by atoms with Crippen LogP contribution in [0.4, 0.5) is 11.4 Å². The SMILES string of the molecule is CCCN(CCC(=O)Nc1ccc(N2CCCCC2)cc1)S(C)(=O)=O. The summed E-state index contributed by atoms with van der Waals surface area (Å²) in [5, 5.41) is 2.84. The van der Waals surface area contributed by atoms with Crippen LogP contribution in [-0.2, 0) is 14.8 Å². The van der Waals surface area contributed by atoms with E-state index in [1.165, 1.54) is 35.5 Å². The largest absolute Gasteiger partial charge is 0.372 e. The van der Waals surface area contributed by atoms with Crippen molar-refractivity contribution in [1.29, 1.82) is 0 Å². The standard InChI is InChI=1S/C18H29N3O3S/c1-3-12-21(25(2,23)24)15-11-18(22)19-16-7-9-17(10-8-16)20-13-5-4-6-14-20/h7-10H,3-6,11-15H2,1-2H3,(H,19,22). The van der Waals surface area contributed by atoms with E-state index in [1.54, 1.807) is 0 Å². The van der Waals surface area contributed by atoms with E-state index >= 15 is 0 Å². The summed E-state index contributed by atoms with van der Waals surface area (Å²) < 4.78 is 24.7. The number of nitrogens with one attached hydrogen (secondary N) is 1. The minimum Gasteiger partial charge on any atom is -0.372 e. The van der Waals surface area contributed by atoms with Crippen molar-refractivity contribution < 1.29 is 13.2 Å². The second kappa shape index (κ2) is 9.20. The molecule has 1 fully saturated rings. The smallest absolute Gasteiger partial charge is 0.225 e. The van der Waals surface area contributed by atoms with Crippen LogP contribution in [0.1, 0.15) is 39.0 Å². The Hall–Kier alpha value is -1.60. The molecule has 1 aromatic rings. The third-order valence-electron chi connectivity index (χ3n) is 4.40. The van der Waals surface area contributed by atoms with Gasteiger partial charge in [-0.3, -0.25) is 4.79 Å². The van der Waals surface area contributed by atoms with Crippen LogP contribution in [0.25, 0.3) is 0 Å². The van der Waals surface area contributed by atoms with Gasteiger partial charge in [0.25, 0.3) is 0 Å². The first-order valence-electron chi connectivity index (χ1n) is 9.00. The second-order valence-corrected chi connectivity index (χ2v) is 8.54. The lowest BCUT2D eigenvalue weighted by Gasteiger charge is -2.28. The molecule has 1 aliphatic heterocycles. The molecule has 6 nitrogen and oxygen atoms in total. The number of hydrogen-bond acceptors (Lipinski definition) is 4. The molecule has 0 unspecified atom stereocenters. The van der Waals surface area contributed by atoms with Crippen molar-refractivity contribution in [2.24, 2.45) is 0 Å². The maximum Gasteiger partial charge on any atom is 0.225 e. The number of benzene rings is 1. The van der Waals surface area contributed by atoms with E-state index in [0.29, 0.717) is 6.54 Å². The molecule has 1 aromatic carbocycles. The van der Waals surface area contributed by atoms with Gasteiger partial charge >= 0.3 is 0 Å². The molecule has 1 heterocycles. The Morgan fingerprint density at radius 1 is 1.12 bits per heavy atom. The summed E-state index contributed by atoms with van der Waals surface area (Å²) in [6.45, 7) is 4.75. The summed E-state index contributed by atoms with van der Waals surface area (Å²) in [4.78, 5) is 14.5. The molecule has 1 amide bonds. The number of rotatable bonds is 8. The molecule has 1 aliphatic rings. The molecule has 140 valence electrons. The van der Waals surface area contributed by atoms with Gasteiger partial charge in [0.15, 0.2) is 0 Å². The molecule has 0 saturated carbocycles. The molecule has 0 radical (unpaired) electrons. The van der Waals surface area contributed by atoms with Gasteiger partial charge in [0.1, 0.15) is 0 Å². The van der Waals surface area contributed by atoms with Crippen LogP contribution in [0, 0.1) is 0 Å². The Morgan fingerprint density at radius 2 is 1.76 bits per heavy atom. The quantitative estimate of drug-likeness (QED) is 0.767. The minimum atomic E-state index is -3.27. The predicted molar refractivity (Wildman–Crippen MR) is 102 cm³/mol. The summed E-state index contributed by atoms with van der Waals surface area (Å²) in [6, 6.07) is 7.87. The van der Waals surface area contributed by atoms with Gasteiger partial charge in [0, 0.05) is 44.0 Å². The highest BCUT2D eigenvalue weighted by molar-refractivity contribution is 7.88. The Morgan fingerprint density at radius 3 is 2.32 bits per heavy atom. The van der Waals surface area contributed by atoms with Crippen LogP contribution in [-0.4, -0.2) is 51.1 Å². The molecule has 0 spiro atoms. The molecular weight excluding hydrogens is 338 g/mol. The molecule has 25 heavy (non-hydrogen) atoms. The number of anilines is 2. The first kappa shape index (κ1) is 19.7.